The number of hydrogen-bond donors (Lipinski definition) is 1. The third-order valence-electron chi connectivity index (χ3n) is 4.26. The van der Waals surface area contributed by atoms with Crippen molar-refractivity contribution in [2.45, 2.75) is 32.7 Å². The molecule has 0 fully saturated rings. The summed E-state index contributed by atoms with van der Waals surface area (Å²) in [5.74, 6) is -0.113. The van der Waals surface area contributed by atoms with E-state index in [1.54, 1.807) is 19.2 Å². The van der Waals surface area contributed by atoms with Crippen molar-refractivity contribution in [2.24, 2.45) is 0 Å². The first-order chi connectivity index (χ1) is 12.8. The number of carboxylic acids is 1. The molecular formula is C21H23N3O3. The van der Waals surface area contributed by atoms with Crippen LogP contribution in [-0.4, -0.2) is 33.0 Å². The molecule has 0 saturated heterocycles. The molecule has 1 heterocycles. The molecule has 2 aromatic carbocycles. The Morgan fingerprint density at radius 3 is 2.37 bits per heavy atom. The summed E-state index contributed by atoms with van der Waals surface area (Å²) in [5, 5.41) is 13.8. The normalized spacial score (nSPS) is 11.4. The number of nitrogens with zero attached hydrogens (tertiary/aromatic N) is 3. The van der Waals surface area contributed by atoms with Gasteiger partial charge in [0.15, 0.2) is 0 Å². The minimum atomic E-state index is -0.931. The molecule has 3 aromatic rings. The quantitative estimate of drug-likeness (QED) is 0.739. The second kappa shape index (κ2) is 7.23. The van der Waals surface area contributed by atoms with Crippen molar-refractivity contribution in [2.75, 3.05) is 7.11 Å². The van der Waals surface area contributed by atoms with Crippen LogP contribution in [0.2, 0.25) is 0 Å². The van der Waals surface area contributed by atoms with E-state index in [0.717, 1.165) is 17.0 Å². The molecule has 1 N–H and O–H groups in total. The summed E-state index contributed by atoms with van der Waals surface area (Å²) in [7, 11) is 1.56. The highest BCUT2D eigenvalue weighted by atomic mass is 16.5. The molecule has 140 valence electrons. The molecule has 6 heteroatoms. The van der Waals surface area contributed by atoms with Gasteiger partial charge in [-0.15, -0.1) is 5.10 Å². The molecule has 0 aliphatic rings. The van der Waals surface area contributed by atoms with Crippen LogP contribution in [0.15, 0.2) is 48.5 Å². The zero-order valence-corrected chi connectivity index (χ0v) is 15.9. The molecule has 1 aromatic heterocycles. The van der Waals surface area contributed by atoms with Crippen LogP contribution < -0.4 is 4.74 Å². The van der Waals surface area contributed by atoms with Crippen molar-refractivity contribution in [3.63, 3.8) is 0 Å². The Balaban J connectivity index is 1.90. The number of benzene rings is 2. The first-order valence-corrected chi connectivity index (χ1v) is 8.71. The summed E-state index contributed by atoms with van der Waals surface area (Å²) in [6.45, 7) is 6.20. The number of hydrogen-bond acceptors (Lipinski definition) is 4. The highest BCUT2D eigenvalue weighted by Gasteiger charge is 2.21. The zero-order chi connectivity index (χ0) is 19.6. The van der Waals surface area contributed by atoms with Crippen molar-refractivity contribution in [1.82, 2.24) is 14.8 Å². The summed E-state index contributed by atoms with van der Waals surface area (Å²) in [4.78, 5) is 15.9. The van der Waals surface area contributed by atoms with Gasteiger partial charge in [0, 0.05) is 6.42 Å². The molecule has 0 radical (unpaired) electrons. The van der Waals surface area contributed by atoms with Gasteiger partial charge in [-0.1, -0.05) is 42.5 Å². The van der Waals surface area contributed by atoms with Gasteiger partial charge in [0.1, 0.15) is 5.82 Å². The molecule has 0 amide bonds. The summed E-state index contributed by atoms with van der Waals surface area (Å²) in [6.07, 6.45) is 0.606. The topological polar surface area (TPSA) is 77.2 Å². The number of rotatable bonds is 5. The molecule has 0 aliphatic carbocycles. The van der Waals surface area contributed by atoms with Crippen LogP contribution in [-0.2, 0) is 12.0 Å². The molecule has 0 atom stereocenters. The van der Waals surface area contributed by atoms with Crippen LogP contribution in [0.3, 0.4) is 0 Å². The van der Waals surface area contributed by atoms with Gasteiger partial charge in [-0.2, -0.15) is 4.98 Å². The lowest BCUT2D eigenvalue weighted by molar-refractivity contribution is 0.0697. The maximum Gasteiger partial charge on any atom is 0.336 e. The molecule has 0 spiro atoms. The van der Waals surface area contributed by atoms with E-state index in [4.69, 9.17) is 4.74 Å². The summed E-state index contributed by atoms with van der Waals surface area (Å²) in [5.41, 5.74) is 2.72. The fourth-order valence-electron chi connectivity index (χ4n) is 2.97. The Hall–Kier alpha value is -3.15. The fourth-order valence-corrected chi connectivity index (χ4v) is 2.97. The third kappa shape index (κ3) is 4.00. The van der Waals surface area contributed by atoms with Crippen LogP contribution in [0, 0.1) is 0 Å². The number of aromatic carboxylic acids is 1. The highest BCUT2D eigenvalue weighted by Crippen LogP contribution is 2.25. The van der Waals surface area contributed by atoms with Gasteiger partial charge in [0.2, 0.25) is 0 Å². The minimum Gasteiger partial charge on any atom is -0.478 e. The first-order valence-electron chi connectivity index (χ1n) is 8.71. The summed E-state index contributed by atoms with van der Waals surface area (Å²) in [6, 6.07) is 15.2. The maximum atomic E-state index is 11.4. The number of aromatic nitrogens is 3. The highest BCUT2D eigenvalue weighted by molar-refractivity contribution is 5.95. The van der Waals surface area contributed by atoms with Crippen molar-refractivity contribution < 1.29 is 14.6 Å². The number of carbonyl (C=O) groups is 1. The zero-order valence-electron chi connectivity index (χ0n) is 15.9. The smallest absolute Gasteiger partial charge is 0.336 e. The summed E-state index contributed by atoms with van der Waals surface area (Å²) < 4.78 is 7.06. The average Bonchev–Trinajstić information content (AvgIpc) is 3.06. The Labute approximate surface area is 158 Å². The Kier molecular flexibility index (Phi) is 4.99. The molecule has 0 bridgehead atoms. The predicted octanol–water partition coefficient (Wildman–Crippen LogP) is 4.00. The van der Waals surface area contributed by atoms with E-state index in [2.05, 4.69) is 30.9 Å². The first kappa shape index (κ1) is 18.6. The lowest BCUT2D eigenvalue weighted by Gasteiger charge is -2.21. The van der Waals surface area contributed by atoms with Crippen LogP contribution in [0.1, 0.15) is 42.5 Å². The SMILES string of the molecule is COc1nc(Cc2ccc(-c3ccccc3C(=O)O)cc2)n(C(C)(C)C)n1. The van der Waals surface area contributed by atoms with Crippen molar-refractivity contribution in [3.05, 3.63) is 65.5 Å². The number of methoxy groups -OCH3 is 1. The average molecular weight is 365 g/mol. The van der Waals surface area contributed by atoms with Gasteiger partial charge in [0.25, 0.3) is 0 Å². The van der Waals surface area contributed by atoms with E-state index < -0.39 is 5.97 Å². The van der Waals surface area contributed by atoms with Gasteiger partial charge in [-0.3, -0.25) is 0 Å². The van der Waals surface area contributed by atoms with E-state index in [1.807, 2.05) is 41.1 Å². The predicted molar refractivity (Wildman–Crippen MR) is 103 cm³/mol. The van der Waals surface area contributed by atoms with Crippen LogP contribution in [0.25, 0.3) is 11.1 Å². The molecular weight excluding hydrogens is 342 g/mol. The lowest BCUT2D eigenvalue weighted by atomic mass is 9.98. The molecule has 6 nitrogen and oxygen atoms in total. The van der Waals surface area contributed by atoms with Crippen molar-refractivity contribution in [3.8, 4) is 17.1 Å². The van der Waals surface area contributed by atoms with Crippen LogP contribution in [0.5, 0.6) is 6.01 Å². The lowest BCUT2D eigenvalue weighted by Crippen LogP contribution is -2.25. The van der Waals surface area contributed by atoms with E-state index in [0.29, 0.717) is 23.6 Å². The second-order valence-electron chi connectivity index (χ2n) is 7.32. The molecule has 0 unspecified atom stereocenters. The van der Waals surface area contributed by atoms with E-state index in [-0.39, 0.29) is 5.54 Å². The monoisotopic (exact) mass is 365 g/mol. The van der Waals surface area contributed by atoms with Gasteiger partial charge >= 0.3 is 12.0 Å². The molecule has 0 aliphatic heterocycles. The Morgan fingerprint density at radius 2 is 1.78 bits per heavy atom. The van der Waals surface area contributed by atoms with E-state index >= 15 is 0 Å². The summed E-state index contributed by atoms with van der Waals surface area (Å²) >= 11 is 0. The van der Waals surface area contributed by atoms with Crippen molar-refractivity contribution in [1.29, 1.82) is 0 Å². The van der Waals surface area contributed by atoms with Crippen LogP contribution >= 0.6 is 0 Å². The van der Waals surface area contributed by atoms with Gasteiger partial charge in [0.05, 0.1) is 18.2 Å². The fraction of sp³-hybridized carbons (Fsp3) is 0.286. The standard InChI is InChI=1S/C21H23N3O3/c1-21(2,3)24-18(22-20(23-24)27-4)13-14-9-11-15(12-10-14)16-7-5-6-8-17(16)19(25)26/h5-12H,13H2,1-4H3,(H,25,26). The Morgan fingerprint density at radius 1 is 1.11 bits per heavy atom. The number of carboxylic acid groups (broad SMARTS) is 1. The third-order valence-corrected chi connectivity index (χ3v) is 4.26. The minimum absolute atomic E-state index is 0.209. The van der Waals surface area contributed by atoms with Crippen molar-refractivity contribution >= 4 is 5.97 Å². The largest absolute Gasteiger partial charge is 0.478 e. The van der Waals surface area contributed by atoms with Gasteiger partial charge in [-0.05, 0) is 43.5 Å². The molecule has 0 saturated carbocycles. The number of ether oxygens (including phenoxy) is 1. The molecule has 3 rings (SSSR count). The Bertz CT molecular complexity index is 954. The van der Waals surface area contributed by atoms with Crippen LogP contribution in [0.4, 0.5) is 0 Å². The van der Waals surface area contributed by atoms with Gasteiger partial charge in [-0.25, -0.2) is 9.48 Å². The second-order valence-corrected chi connectivity index (χ2v) is 7.32. The molecule has 27 heavy (non-hydrogen) atoms. The van der Waals surface area contributed by atoms with Gasteiger partial charge < -0.3 is 9.84 Å². The van der Waals surface area contributed by atoms with E-state index in [9.17, 15) is 9.90 Å². The van der Waals surface area contributed by atoms with E-state index in [1.165, 1.54) is 0 Å². The maximum absolute atomic E-state index is 11.4.